The predicted molar refractivity (Wildman–Crippen MR) is 137 cm³/mol. The van der Waals surface area contributed by atoms with Crippen LogP contribution in [0.15, 0.2) is 48.0 Å². The number of nitriles is 1. The molecule has 7 nitrogen and oxygen atoms in total. The molecule has 3 rings (SSSR count). The first-order valence-corrected chi connectivity index (χ1v) is 12.5. The van der Waals surface area contributed by atoms with Gasteiger partial charge >= 0.3 is 0 Å². The molecule has 1 aromatic carbocycles. The van der Waals surface area contributed by atoms with Crippen LogP contribution in [0.4, 0.5) is 0 Å². The van der Waals surface area contributed by atoms with Crippen molar-refractivity contribution in [1.29, 1.82) is 5.26 Å². The van der Waals surface area contributed by atoms with Crippen molar-refractivity contribution >= 4 is 12.0 Å². The minimum Gasteiger partial charge on any atom is -0.491 e. The van der Waals surface area contributed by atoms with E-state index in [2.05, 4.69) is 22.1 Å². The SMILES string of the molecule is CCCC(NC(=O)/C(C#N)=C/c1cccc(C)n1)c1ccc(OCCOCCN2CCCC2)cc1. The molecule has 1 saturated heterocycles. The van der Waals surface area contributed by atoms with Crippen LogP contribution in [0.1, 0.15) is 55.6 Å². The molecule has 0 saturated carbocycles. The Labute approximate surface area is 208 Å². The first-order valence-electron chi connectivity index (χ1n) is 12.5. The quantitative estimate of drug-likeness (QED) is 0.261. The van der Waals surface area contributed by atoms with E-state index < -0.39 is 5.91 Å². The Hall–Kier alpha value is -3.21. The van der Waals surface area contributed by atoms with Gasteiger partial charge in [0.2, 0.25) is 0 Å². The van der Waals surface area contributed by atoms with E-state index >= 15 is 0 Å². The van der Waals surface area contributed by atoms with Crippen molar-refractivity contribution < 1.29 is 14.3 Å². The topological polar surface area (TPSA) is 87.5 Å². The van der Waals surface area contributed by atoms with E-state index in [1.54, 1.807) is 6.07 Å². The lowest BCUT2D eigenvalue weighted by Gasteiger charge is -2.19. The zero-order chi connectivity index (χ0) is 24.9. The normalized spacial score (nSPS) is 14.9. The molecule has 2 aromatic rings. The fourth-order valence-corrected chi connectivity index (χ4v) is 4.10. The molecule has 0 radical (unpaired) electrons. The second-order valence-corrected chi connectivity index (χ2v) is 8.77. The average Bonchev–Trinajstić information content (AvgIpc) is 3.38. The van der Waals surface area contributed by atoms with Crippen molar-refractivity contribution in [2.24, 2.45) is 0 Å². The van der Waals surface area contributed by atoms with Gasteiger partial charge in [0.1, 0.15) is 24.0 Å². The van der Waals surface area contributed by atoms with Crippen LogP contribution >= 0.6 is 0 Å². The molecule has 0 aliphatic carbocycles. The fourth-order valence-electron chi connectivity index (χ4n) is 4.10. The van der Waals surface area contributed by atoms with Gasteiger partial charge in [-0.15, -0.1) is 0 Å². The number of benzene rings is 1. The largest absolute Gasteiger partial charge is 0.491 e. The number of nitrogens with zero attached hydrogens (tertiary/aromatic N) is 3. The smallest absolute Gasteiger partial charge is 0.262 e. The molecule has 1 fully saturated rings. The summed E-state index contributed by atoms with van der Waals surface area (Å²) in [4.78, 5) is 19.6. The molecule has 1 unspecified atom stereocenters. The highest BCUT2D eigenvalue weighted by Crippen LogP contribution is 2.22. The molecular formula is C28H36N4O3. The Bertz CT molecular complexity index is 1010. The number of rotatable bonds is 13. The summed E-state index contributed by atoms with van der Waals surface area (Å²) in [6.07, 6.45) is 5.77. The van der Waals surface area contributed by atoms with E-state index in [-0.39, 0.29) is 11.6 Å². The number of likely N-dealkylation sites (tertiary alicyclic amines) is 1. The molecule has 1 atom stereocenters. The molecule has 1 N–H and O–H groups in total. The fraction of sp³-hybridized carbons (Fsp3) is 0.464. The molecule has 7 heteroatoms. The number of aromatic nitrogens is 1. The first kappa shape index (κ1) is 26.4. The van der Waals surface area contributed by atoms with Gasteiger partial charge < -0.3 is 19.7 Å². The van der Waals surface area contributed by atoms with Gasteiger partial charge in [0, 0.05) is 12.2 Å². The average molecular weight is 477 g/mol. The van der Waals surface area contributed by atoms with Crippen molar-refractivity contribution in [2.45, 2.75) is 45.6 Å². The lowest BCUT2D eigenvalue weighted by atomic mass is 10.0. The van der Waals surface area contributed by atoms with E-state index in [4.69, 9.17) is 9.47 Å². The lowest BCUT2D eigenvalue weighted by Crippen LogP contribution is -2.29. The third kappa shape index (κ3) is 8.82. The number of hydrogen-bond donors (Lipinski definition) is 1. The third-order valence-electron chi connectivity index (χ3n) is 5.98. The summed E-state index contributed by atoms with van der Waals surface area (Å²) in [5.41, 5.74) is 2.43. The summed E-state index contributed by atoms with van der Waals surface area (Å²) in [6.45, 7) is 9.09. The molecule has 2 heterocycles. The van der Waals surface area contributed by atoms with Crippen molar-refractivity contribution in [1.82, 2.24) is 15.2 Å². The highest BCUT2D eigenvalue weighted by molar-refractivity contribution is 6.01. The monoisotopic (exact) mass is 476 g/mol. The predicted octanol–water partition coefficient (Wildman–Crippen LogP) is 4.45. The van der Waals surface area contributed by atoms with Crippen molar-refractivity contribution in [3.63, 3.8) is 0 Å². The van der Waals surface area contributed by atoms with Crippen molar-refractivity contribution in [3.8, 4) is 11.8 Å². The standard InChI is InChI=1S/C28H36N4O3/c1-3-7-27(31-28(33)24(21-29)20-25-9-6-8-22(2)30-25)23-10-12-26(13-11-23)35-19-18-34-17-16-32-14-4-5-15-32/h6,8-13,20,27H,3-5,7,14-19H2,1-2H3,(H,31,33)/b24-20+. The van der Waals surface area contributed by atoms with E-state index in [0.29, 0.717) is 18.9 Å². The number of pyridine rings is 1. The number of carbonyl (C=O) groups is 1. The van der Waals surface area contributed by atoms with Gasteiger partial charge in [0.05, 0.1) is 24.9 Å². The second-order valence-electron chi connectivity index (χ2n) is 8.77. The summed E-state index contributed by atoms with van der Waals surface area (Å²) < 4.78 is 11.5. The minimum absolute atomic E-state index is 0.0360. The molecule has 0 bridgehead atoms. The van der Waals surface area contributed by atoms with Crippen LogP contribution in [0.3, 0.4) is 0 Å². The summed E-state index contributed by atoms with van der Waals surface area (Å²) in [5, 5.41) is 12.5. The number of aryl methyl sites for hydroxylation is 1. The number of carbonyl (C=O) groups excluding carboxylic acids is 1. The summed E-state index contributed by atoms with van der Waals surface area (Å²) in [7, 11) is 0. The second kappa shape index (κ2) is 14.2. The van der Waals surface area contributed by atoms with Crippen LogP contribution in [-0.4, -0.2) is 55.2 Å². The number of hydrogen-bond acceptors (Lipinski definition) is 6. The van der Waals surface area contributed by atoms with Gasteiger partial charge in [-0.25, -0.2) is 0 Å². The van der Waals surface area contributed by atoms with Gasteiger partial charge in [0.25, 0.3) is 5.91 Å². The maximum absolute atomic E-state index is 12.8. The maximum Gasteiger partial charge on any atom is 0.262 e. The zero-order valence-electron chi connectivity index (χ0n) is 20.8. The molecule has 1 amide bonds. The van der Waals surface area contributed by atoms with Crippen molar-refractivity contribution in [3.05, 3.63) is 65.0 Å². The van der Waals surface area contributed by atoms with E-state index in [0.717, 1.165) is 43.0 Å². The van der Waals surface area contributed by atoms with Gasteiger partial charge in [-0.1, -0.05) is 31.5 Å². The van der Waals surface area contributed by atoms with Crippen LogP contribution in [0.25, 0.3) is 6.08 Å². The Morgan fingerprint density at radius 2 is 1.94 bits per heavy atom. The highest BCUT2D eigenvalue weighted by Gasteiger charge is 2.17. The van der Waals surface area contributed by atoms with Crippen LogP contribution in [0.2, 0.25) is 0 Å². The van der Waals surface area contributed by atoms with Crippen molar-refractivity contribution in [2.75, 3.05) is 39.5 Å². The molecule has 1 aliphatic heterocycles. The third-order valence-corrected chi connectivity index (χ3v) is 5.98. The van der Waals surface area contributed by atoms with E-state index in [9.17, 15) is 10.1 Å². The summed E-state index contributed by atoms with van der Waals surface area (Å²) >= 11 is 0. The molecular weight excluding hydrogens is 440 g/mol. The Kier molecular flexibility index (Phi) is 10.7. The number of ether oxygens (including phenoxy) is 2. The van der Waals surface area contributed by atoms with Crippen LogP contribution in [0.5, 0.6) is 5.75 Å². The molecule has 186 valence electrons. The molecule has 0 spiro atoms. The minimum atomic E-state index is -0.402. The summed E-state index contributed by atoms with van der Waals surface area (Å²) in [5.74, 6) is 0.363. The van der Waals surface area contributed by atoms with Crippen LogP contribution in [-0.2, 0) is 9.53 Å². The zero-order valence-corrected chi connectivity index (χ0v) is 20.8. The first-order chi connectivity index (χ1) is 17.1. The Morgan fingerprint density at radius 3 is 2.63 bits per heavy atom. The molecule has 35 heavy (non-hydrogen) atoms. The lowest BCUT2D eigenvalue weighted by molar-refractivity contribution is -0.117. The van der Waals surface area contributed by atoms with Gasteiger partial charge in [-0.05, 0) is 75.2 Å². The number of nitrogens with one attached hydrogen (secondary N) is 1. The molecule has 1 aliphatic rings. The van der Waals surface area contributed by atoms with Gasteiger partial charge in [0.15, 0.2) is 0 Å². The van der Waals surface area contributed by atoms with E-state index in [1.807, 2.05) is 49.4 Å². The Morgan fingerprint density at radius 1 is 1.17 bits per heavy atom. The maximum atomic E-state index is 12.8. The summed E-state index contributed by atoms with van der Waals surface area (Å²) in [6, 6.07) is 15.0. The van der Waals surface area contributed by atoms with Gasteiger partial charge in [-0.2, -0.15) is 5.26 Å². The van der Waals surface area contributed by atoms with E-state index in [1.165, 1.54) is 32.0 Å². The highest BCUT2D eigenvalue weighted by atomic mass is 16.5. The molecule has 1 aromatic heterocycles. The Balaban J connectivity index is 1.50. The van der Waals surface area contributed by atoms with Gasteiger partial charge in [-0.3, -0.25) is 9.78 Å². The van der Waals surface area contributed by atoms with Crippen LogP contribution in [0, 0.1) is 18.3 Å². The number of amides is 1. The van der Waals surface area contributed by atoms with Crippen LogP contribution < -0.4 is 10.1 Å².